The van der Waals surface area contributed by atoms with Crippen molar-refractivity contribution in [2.75, 3.05) is 6.61 Å². The second kappa shape index (κ2) is 9.95. The molecule has 6 nitrogen and oxygen atoms in total. The van der Waals surface area contributed by atoms with Gasteiger partial charge in [-0.15, -0.1) is 0 Å². The highest BCUT2D eigenvalue weighted by Crippen LogP contribution is 2.27. The summed E-state index contributed by atoms with van der Waals surface area (Å²) >= 11 is 3.30. The number of ether oxygens (including phenoxy) is 1. The number of hydrogen-bond acceptors (Lipinski definition) is 5. The molecule has 2 aromatic carbocycles. The van der Waals surface area contributed by atoms with Crippen molar-refractivity contribution in [3.63, 3.8) is 0 Å². The van der Waals surface area contributed by atoms with Crippen LogP contribution in [0.2, 0.25) is 0 Å². The van der Waals surface area contributed by atoms with Crippen LogP contribution >= 0.6 is 15.9 Å². The van der Waals surface area contributed by atoms with Gasteiger partial charge in [0.2, 0.25) is 10.0 Å². The predicted octanol–water partition coefficient (Wildman–Crippen LogP) is 3.93. The summed E-state index contributed by atoms with van der Waals surface area (Å²) in [5.74, 6) is -0.424. The number of hydrogen-bond donors (Lipinski definition) is 1. The smallest absolute Gasteiger partial charge is 0.305 e. The summed E-state index contributed by atoms with van der Waals surface area (Å²) in [4.78, 5) is 23.4. The molecule has 1 unspecified atom stereocenters. The van der Waals surface area contributed by atoms with E-state index < -0.39 is 22.0 Å². The fourth-order valence-electron chi connectivity index (χ4n) is 2.71. The number of nitrogens with one attached hydrogen (secondary N) is 1. The topological polar surface area (TPSA) is 89.5 Å². The number of esters is 1. The summed E-state index contributed by atoms with van der Waals surface area (Å²) in [5.41, 5.74) is 1.78. The molecule has 1 atom stereocenters. The molecule has 0 radical (unpaired) electrons. The van der Waals surface area contributed by atoms with Crippen LogP contribution < -0.4 is 4.72 Å². The molecule has 0 saturated heterocycles. The third kappa shape index (κ3) is 5.98. The maximum atomic E-state index is 12.8. The van der Waals surface area contributed by atoms with Gasteiger partial charge in [-0.25, -0.2) is 13.1 Å². The summed E-state index contributed by atoms with van der Waals surface area (Å²) in [6.45, 7) is 3.81. The summed E-state index contributed by atoms with van der Waals surface area (Å²) in [5, 5.41) is 0. The van der Waals surface area contributed by atoms with Crippen molar-refractivity contribution in [1.29, 1.82) is 0 Å². The van der Waals surface area contributed by atoms with Crippen molar-refractivity contribution in [2.45, 2.75) is 37.6 Å². The molecule has 0 bridgehead atoms. The molecule has 2 rings (SSSR count). The van der Waals surface area contributed by atoms with Crippen LogP contribution in [0, 0.1) is 6.92 Å². The lowest BCUT2D eigenvalue weighted by Gasteiger charge is -2.21. The molecule has 0 amide bonds. The second-order valence-corrected chi connectivity index (χ2v) is 8.85. The Balaban J connectivity index is 2.36. The normalized spacial score (nSPS) is 12.4. The average Bonchev–Trinajstić information content (AvgIpc) is 2.65. The molecule has 150 valence electrons. The van der Waals surface area contributed by atoms with E-state index in [0.29, 0.717) is 21.9 Å². The van der Waals surface area contributed by atoms with Crippen molar-refractivity contribution in [3.8, 4) is 0 Å². The summed E-state index contributed by atoms with van der Waals surface area (Å²) in [7, 11) is -3.85. The van der Waals surface area contributed by atoms with Gasteiger partial charge in [0.25, 0.3) is 0 Å². The van der Waals surface area contributed by atoms with Crippen molar-refractivity contribution >= 4 is 38.2 Å². The van der Waals surface area contributed by atoms with Crippen LogP contribution in [0.25, 0.3) is 0 Å². The highest BCUT2D eigenvalue weighted by molar-refractivity contribution is 9.10. The van der Waals surface area contributed by atoms with Crippen molar-refractivity contribution in [3.05, 3.63) is 63.6 Å². The quantitative estimate of drug-likeness (QED) is 0.445. The van der Waals surface area contributed by atoms with E-state index in [4.69, 9.17) is 4.74 Å². The molecule has 0 spiro atoms. The monoisotopic (exact) mass is 467 g/mol. The lowest BCUT2D eigenvalue weighted by atomic mass is 9.98. The lowest BCUT2D eigenvalue weighted by Crippen LogP contribution is -2.30. The summed E-state index contributed by atoms with van der Waals surface area (Å²) < 4.78 is 33.9. The highest BCUT2D eigenvalue weighted by Gasteiger charge is 2.24. The van der Waals surface area contributed by atoms with Gasteiger partial charge in [-0.3, -0.25) is 9.59 Å². The molecule has 0 aromatic heterocycles. The maximum absolute atomic E-state index is 12.8. The van der Waals surface area contributed by atoms with Gasteiger partial charge in [0.1, 0.15) is 6.29 Å². The number of carbonyl (C=O) groups excluding carboxylic acids is 2. The fraction of sp³-hybridized carbons (Fsp3) is 0.300. The third-order valence-corrected chi connectivity index (χ3v) is 6.10. The zero-order chi connectivity index (χ0) is 20.7. The predicted molar refractivity (Wildman–Crippen MR) is 110 cm³/mol. The van der Waals surface area contributed by atoms with Crippen LogP contribution in [0.3, 0.4) is 0 Å². The van der Waals surface area contributed by atoms with Crippen molar-refractivity contribution in [1.82, 2.24) is 4.72 Å². The first-order valence-corrected chi connectivity index (χ1v) is 11.0. The molecule has 0 aliphatic heterocycles. The molecule has 2 aromatic rings. The van der Waals surface area contributed by atoms with Gasteiger partial charge in [-0.2, -0.15) is 0 Å². The average molecular weight is 468 g/mol. The van der Waals surface area contributed by atoms with Crippen molar-refractivity contribution < 1.29 is 22.7 Å². The Hall–Kier alpha value is -2.03. The summed E-state index contributed by atoms with van der Waals surface area (Å²) in [6.07, 6.45) is 0.841. The first-order valence-electron chi connectivity index (χ1n) is 8.76. The summed E-state index contributed by atoms with van der Waals surface area (Å²) in [6, 6.07) is 10.7. The Labute approximate surface area is 173 Å². The van der Waals surface area contributed by atoms with E-state index in [1.165, 1.54) is 12.1 Å². The highest BCUT2D eigenvalue weighted by atomic mass is 79.9. The molecule has 1 N–H and O–H groups in total. The van der Waals surface area contributed by atoms with Gasteiger partial charge in [0.15, 0.2) is 0 Å². The van der Waals surface area contributed by atoms with E-state index in [1.54, 1.807) is 37.3 Å². The first kappa shape index (κ1) is 22.3. The van der Waals surface area contributed by atoms with E-state index in [1.807, 2.05) is 6.92 Å². The van der Waals surface area contributed by atoms with Gasteiger partial charge >= 0.3 is 5.97 Å². The SMILES string of the molecule is CCOC(=O)CCC(NS(=O)(=O)c1ccc(C)cc1)c1ccc(Br)cc1C=O. The van der Waals surface area contributed by atoms with E-state index in [2.05, 4.69) is 20.7 Å². The van der Waals surface area contributed by atoms with Crippen LogP contribution in [-0.2, 0) is 19.6 Å². The largest absolute Gasteiger partial charge is 0.466 e. The fourth-order valence-corrected chi connectivity index (χ4v) is 4.34. The minimum atomic E-state index is -3.85. The Kier molecular flexibility index (Phi) is 7.91. The van der Waals surface area contributed by atoms with Gasteiger partial charge in [-0.05, 0) is 50.1 Å². The minimum Gasteiger partial charge on any atom is -0.466 e. The standard InChI is InChI=1S/C20H22BrNO5S/c1-3-27-20(24)11-10-19(18-9-6-16(21)12-15(18)13-23)22-28(25,26)17-7-4-14(2)5-8-17/h4-9,12-13,19,22H,3,10-11H2,1-2H3. The second-order valence-electron chi connectivity index (χ2n) is 6.22. The number of carbonyl (C=O) groups is 2. The third-order valence-electron chi connectivity index (χ3n) is 4.12. The zero-order valence-corrected chi connectivity index (χ0v) is 18.0. The molecule has 0 saturated carbocycles. The number of benzene rings is 2. The van der Waals surface area contributed by atoms with Gasteiger partial charge in [0.05, 0.1) is 11.5 Å². The number of sulfonamides is 1. The number of halogens is 1. The van der Waals surface area contributed by atoms with E-state index in [9.17, 15) is 18.0 Å². The number of aldehydes is 1. The molecule has 0 fully saturated rings. The van der Waals surface area contributed by atoms with E-state index in [0.717, 1.165) is 5.56 Å². The van der Waals surface area contributed by atoms with Gasteiger partial charge < -0.3 is 4.74 Å². The van der Waals surface area contributed by atoms with Crippen LogP contribution in [0.15, 0.2) is 51.8 Å². The van der Waals surface area contributed by atoms with E-state index >= 15 is 0 Å². The lowest BCUT2D eigenvalue weighted by molar-refractivity contribution is -0.143. The van der Waals surface area contributed by atoms with Gasteiger partial charge in [0, 0.05) is 22.5 Å². The molecule has 0 aliphatic carbocycles. The molecular weight excluding hydrogens is 446 g/mol. The minimum absolute atomic E-state index is 0.0171. The first-order chi connectivity index (χ1) is 13.3. The van der Waals surface area contributed by atoms with Gasteiger partial charge in [-0.1, -0.05) is 39.7 Å². The van der Waals surface area contributed by atoms with E-state index in [-0.39, 0.29) is 24.3 Å². The van der Waals surface area contributed by atoms with Crippen LogP contribution in [-0.4, -0.2) is 27.3 Å². The number of aryl methyl sites for hydroxylation is 1. The molecule has 28 heavy (non-hydrogen) atoms. The Morgan fingerprint density at radius 2 is 1.89 bits per heavy atom. The van der Waals surface area contributed by atoms with Crippen molar-refractivity contribution in [2.24, 2.45) is 0 Å². The Morgan fingerprint density at radius 3 is 2.50 bits per heavy atom. The Bertz CT molecular complexity index is 942. The Morgan fingerprint density at radius 1 is 1.21 bits per heavy atom. The molecular formula is C20H22BrNO5S. The van der Waals surface area contributed by atoms with Crippen LogP contribution in [0.4, 0.5) is 0 Å². The zero-order valence-electron chi connectivity index (χ0n) is 15.6. The number of rotatable bonds is 9. The molecule has 8 heteroatoms. The molecule has 0 aliphatic rings. The van der Waals surface area contributed by atoms with Crippen LogP contribution in [0.5, 0.6) is 0 Å². The molecule has 0 heterocycles. The maximum Gasteiger partial charge on any atom is 0.305 e. The van der Waals surface area contributed by atoms with Crippen LogP contribution in [0.1, 0.15) is 47.3 Å².